The third-order valence-corrected chi connectivity index (χ3v) is 7.57. The second-order valence-corrected chi connectivity index (χ2v) is 10.1. The Balaban J connectivity index is 1.29. The highest BCUT2D eigenvalue weighted by molar-refractivity contribution is 5.87. The maximum absolute atomic E-state index is 12.1. The number of aromatic nitrogens is 4. The molecule has 0 bridgehead atoms. The van der Waals surface area contributed by atoms with Gasteiger partial charge in [-0.25, -0.2) is 14.8 Å². The lowest BCUT2D eigenvalue weighted by molar-refractivity contribution is -0.128. The molecule has 5 rings (SSSR count). The highest BCUT2D eigenvalue weighted by Gasteiger charge is 2.32. The van der Waals surface area contributed by atoms with Crippen LogP contribution in [0.5, 0.6) is 0 Å². The molecule has 3 heterocycles. The molecule has 1 aromatic carbocycles. The van der Waals surface area contributed by atoms with Crippen LogP contribution in [0, 0.1) is 5.92 Å². The standard InChI is InChI=1S/C28H35N7O2/c1-4-25(36)34-14-12-33(13-15-34)24(16-20-6-7-20)22-10-8-21(9-11-22)19(3)31-27-29-17-23-18-30-28(37)35(5-2)26(23)32-27/h4,8-11,17-20,24H,1,5-7,12-16H2,2-3H3,(H,29,31,32)/t19-,24+/m0/s1. The maximum atomic E-state index is 12.1. The smallest absolute Gasteiger partial charge is 0.348 e. The van der Waals surface area contributed by atoms with E-state index in [4.69, 9.17) is 0 Å². The van der Waals surface area contributed by atoms with Crippen molar-refractivity contribution >= 4 is 22.9 Å². The summed E-state index contributed by atoms with van der Waals surface area (Å²) in [4.78, 5) is 41.4. The summed E-state index contributed by atoms with van der Waals surface area (Å²) in [7, 11) is 0. The summed E-state index contributed by atoms with van der Waals surface area (Å²) in [5.41, 5.74) is 2.74. The van der Waals surface area contributed by atoms with Gasteiger partial charge in [0.1, 0.15) is 0 Å². The summed E-state index contributed by atoms with van der Waals surface area (Å²) >= 11 is 0. The fourth-order valence-corrected chi connectivity index (χ4v) is 5.16. The fourth-order valence-electron chi connectivity index (χ4n) is 5.16. The average Bonchev–Trinajstić information content (AvgIpc) is 3.76. The van der Waals surface area contributed by atoms with E-state index in [0.717, 1.165) is 43.0 Å². The number of rotatable bonds is 9. The van der Waals surface area contributed by atoms with Gasteiger partial charge < -0.3 is 10.2 Å². The molecular weight excluding hydrogens is 466 g/mol. The van der Waals surface area contributed by atoms with Crippen LogP contribution >= 0.6 is 0 Å². The Labute approximate surface area is 217 Å². The van der Waals surface area contributed by atoms with Gasteiger partial charge in [0.15, 0.2) is 5.65 Å². The van der Waals surface area contributed by atoms with E-state index in [1.54, 1.807) is 10.8 Å². The van der Waals surface area contributed by atoms with Crippen molar-refractivity contribution in [2.75, 3.05) is 31.5 Å². The number of hydrogen-bond donors (Lipinski definition) is 1. The first kappa shape index (κ1) is 25.1. The first-order valence-electron chi connectivity index (χ1n) is 13.2. The van der Waals surface area contributed by atoms with E-state index in [9.17, 15) is 9.59 Å². The van der Waals surface area contributed by atoms with Crippen LogP contribution in [0.3, 0.4) is 0 Å². The summed E-state index contributed by atoms with van der Waals surface area (Å²) in [5, 5.41) is 4.12. The number of piperazine rings is 1. The molecule has 0 spiro atoms. The number of aryl methyl sites for hydroxylation is 1. The Morgan fingerprint density at radius 1 is 1.11 bits per heavy atom. The molecule has 2 fully saturated rings. The van der Waals surface area contributed by atoms with Gasteiger partial charge in [0, 0.05) is 51.2 Å². The van der Waals surface area contributed by atoms with E-state index in [1.165, 1.54) is 37.1 Å². The SMILES string of the molecule is C=CC(=O)N1CCN([C@H](CC2CC2)c2ccc([C@H](C)Nc3ncc4cnc(=O)n(CC)c4n3)cc2)CC1. The van der Waals surface area contributed by atoms with E-state index in [-0.39, 0.29) is 17.6 Å². The number of carbonyl (C=O) groups is 1. The van der Waals surface area contributed by atoms with E-state index in [1.807, 2.05) is 11.8 Å². The number of nitrogens with zero attached hydrogens (tertiary/aromatic N) is 6. The minimum absolute atomic E-state index is 0.00882. The summed E-state index contributed by atoms with van der Waals surface area (Å²) < 4.78 is 1.55. The zero-order chi connectivity index (χ0) is 25.9. The van der Waals surface area contributed by atoms with Crippen LogP contribution in [0.2, 0.25) is 0 Å². The number of carbonyl (C=O) groups excluding carboxylic acids is 1. The molecule has 1 N–H and O–H groups in total. The molecule has 1 aliphatic heterocycles. The van der Waals surface area contributed by atoms with Gasteiger partial charge in [0.25, 0.3) is 0 Å². The molecule has 194 valence electrons. The molecule has 0 radical (unpaired) electrons. The van der Waals surface area contributed by atoms with Gasteiger partial charge in [0.2, 0.25) is 11.9 Å². The Hall–Kier alpha value is -3.59. The molecule has 2 aliphatic rings. The van der Waals surface area contributed by atoms with Gasteiger partial charge in [-0.3, -0.25) is 14.3 Å². The molecule has 37 heavy (non-hydrogen) atoms. The van der Waals surface area contributed by atoms with Gasteiger partial charge in [0.05, 0.1) is 11.4 Å². The quantitative estimate of drug-likeness (QED) is 0.448. The van der Waals surface area contributed by atoms with Crippen LogP contribution in [0.25, 0.3) is 11.0 Å². The van der Waals surface area contributed by atoms with Gasteiger partial charge in [-0.05, 0) is 43.4 Å². The Morgan fingerprint density at radius 2 is 1.78 bits per heavy atom. The third-order valence-electron chi connectivity index (χ3n) is 7.57. The lowest BCUT2D eigenvalue weighted by atomic mass is 9.96. The molecule has 1 saturated heterocycles. The number of anilines is 1. The zero-order valence-electron chi connectivity index (χ0n) is 21.6. The van der Waals surface area contributed by atoms with Crippen LogP contribution < -0.4 is 11.0 Å². The summed E-state index contributed by atoms with van der Waals surface area (Å²) in [6.07, 6.45) is 8.43. The lowest BCUT2D eigenvalue weighted by Gasteiger charge is -2.39. The van der Waals surface area contributed by atoms with Gasteiger partial charge in [-0.2, -0.15) is 4.98 Å². The number of amides is 1. The third kappa shape index (κ3) is 5.56. The van der Waals surface area contributed by atoms with Crippen molar-refractivity contribution in [3.63, 3.8) is 0 Å². The predicted octanol–water partition coefficient (Wildman–Crippen LogP) is 3.55. The largest absolute Gasteiger partial charge is 0.349 e. The van der Waals surface area contributed by atoms with Crippen molar-refractivity contribution in [1.82, 2.24) is 29.3 Å². The molecule has 1 amide bonds. The summed E-state index contributed by atoms with van der Waals surface area (Å²) in [5.74, 6) is 1.31. The summed E-state index contributed by atoms with van der Waals surface area (Å²) in [6, 6.07) is 9.20. The molecule has 2 aromatic heterocycles. The van der Waals surface area contributed by atoms with E-state index < -0.39 is 0 Å². The molecule has 9 nitrogen and oxygen atoms in total. The lowest BCUT2D eigenvalue weighted by Crippen LogP contribution is -2.49. The summed E-state index contributed by atoms with van der Waals surface area (Å²) in [6.45, 7) is 11.4. The normalized spacial score (nSPS) is 17.9. The molecule has 3 aromatic rings. The number of nitrogens with one attached hydrogen (secondary N) is 1. The first-order chi connectivity index (χ1) is 18.0. The topological polar surface area (TPSA) is 96.3 Å². The predicted molar refractivity (Wildman–Crippen MR) is 144 cm³/mol. The van der Waals surface area contributed by atoms with E-state index in [2.05, 4.69) is 62.9 Å². The highest BCUT2D eigenvalue weighted by Crippen LogP contribution is 2.40. The van der Waals surface area contributed by atoms with Gasteiger partial charge in [-0.1, -0.05) is 43.7 Å². The van der Waals surface area contributed by atoms with Crippen molar-refractivity contribution < 1.29 is 4.79 Å². The molecule has 2 atom stereocenters. The molecule has 9 heteroatoms. The minimum Gasteiger partial charge on any atom is -0.348 e. The minimum atomic E-state index is -0.308. The molecule has 1 aliphatic carbocycles. The molecular formula is C28H35N7O2. The molecule has 1 saturated carbocycles. The van der Waals surface area contributed by atoms with E-state index in [0.29, 0.717) is 24.2 Å². The fraction of sp³-hybridized carbons (Fsp3) is 0.464. The number of fused-ring (bicyclic) bond motifs is 1. The van der Waals surface area contributed by atoms with Crippen LogP contribution in [-0.4, -0.2) is 61.4 Å². The highest BCUT2D eigenvalue weighted by atomic mass is 16.2. The Morgan fingerprint density at radius 3 is 2.43 bits per heavy atom. The van der Waals surface area contributed by atoms with Crippen LogP contribution in [0.1, 0.15) is 56.3 Å². The average molecular weight is 502 g/mol. The van der Waals surface area contributed by atoms with Gasteiger partial charge in [-0.15, -0.1) is 0 Å². The van der Waals surface area contributed by atoms with Crippen molar-refractivity contribution in [2.45, 2.75) is 51.7 Å². The van der Waals surface area contributed by atoms with Crippen molar-refractivity contribution in [3.8, 4) is 0 Å². The van der Waals surface area contributed by atoms with Crippen molar-refractivity contribution in [1.29, 1.82) is 0 Å². The Bertz CT molecular complexity index is 1320. The monoisotopic (exact) mass is 501 g/mol. The van der Waals surface area contributed by atoms with Crippen molar-refractivity contribution in [3.05, 3.63) is 70.9 Å². The van der Waals surface area contributed by atoms with Crippen LogP contribution in [-0.2, 0) is 11.3 Å². The Kier molecular flexibility index (Phi) is 7.32. The van der Waals surface area contributed by atoms with E-state index >= 15 is 0 Å². The maximum Gasteiger partial charge on any atom is 0.349 e. The number of benzene rings is 1. The van der Waals surface area contributed by atoms with Crippen LogP contribution in [0.15, 0.2) is 54.1 Å². The van der Waals surface area contributed by atoms with Crippen LogP contribution in [0.4, 0.5) is 5.95 Å². The number of hydrogen-bond acceptors (Lipinski definition) is 7. The second kappa shape index (κ2) is 10.8. The van der Waals surface area contributed by atoms with Crippen molar-refractivity contribution in [2.24, 2.45) is 5.92 Å². The first-order valence-corrected chi connectivity index (χ1v) is 13.2. The van der Waals surface area contributed by atoms with Gasteiger partial charge >= 0.3 is 5.69 Å². The second-order valence-electron chi connectivity index (χ2n) is 10.1. The molecule has 0 unspecified atom stereocenters. The zero-order valence-corrected chi connectivity index (χ0v) is 21.6.